The summed E-state index contributed by atoms with van der Waals surface area (Å²) in [7, 11) is 3.99. The number of aromatic nitrogens is 2. The van der Waals surface area contributed by atoms with Crippen LogP contribution in [-0.4, -0.2) is 91.2 Å². The molecule has 2 aliphatic heterocycles. The number of anilines is 2. The molecule has 2 fully saturated rings. The van der Waals surface area contributed by atoms with Gasteiger partial charge in [0, 0.05) is 43.2 Å². The molecule has 2 atom stereocenters. The highest BCUT2D eigenvalue weighted by atomic mass is 35.5. The zero-order valence-corrected chi connectivity index (χ0v) is 26.3. The van der Waals surface area contributed by atoms with Crippen molar-refractivity contribution in [3.8, 4) is 6.01 Å². The Morgan fingerprint density at radius 2 is 2.00 bits per heavy atom. The molecule has 0 N–H and O–H groups in total. The highest BCUT2D eigenvalue weighted by molar-refractivity contribution is 6.33. The third-order valence-electron chi connectivity index (χ3n) is 8.67. The van der Waals surface area contributed by atoms with Gasteiger partial charge in [0.05, 0.1) is 35.1 Å². The van der Waals surface area contributed by atoms with Crippen molar-refractivity contribution in [2.24, 2.45) is 5.41 Å². The van der Waals surface area contributed by atoms with Gasteiger partial charge in [0.15, 0.2) is 5.83 Å². The second kappa shape index (κ2) is 12.6. The number of ether oxygens (including phenoxy) is 1. The number of amides is 1. The smallest absolute Gasteiger partial charge is 0.418 e. The second-order valence-electron chi connectivity index (χ2n) is 12.4. The van der Waals surface area contributed by atoms with Crippen LogP contribution in [0.3, 0.4) is 0 Å². The summed E-state index contributed by atoms with van der Waals surface area (Å²) in [5.41, 5.74) is 0.302. The van der Waals surface area contributed by atoms with E-state index in [0.29, 0.717) is 31.1 Å². The van der Waals surface area contributed by atoms with Crippen LogP contribution in [0.25, 0.3) is 4.85 Å². The number of carbonyl (C=O) groups excluding carboxylic acids is 1. The quantitative estimate of drug-likeness (QED) is 0.209. The van der Waals surface area contributed by atoms with Gasteiger partial charge in [-0.3, -0.25) is 4.79 Å². The summed E-state index contributed by atoms with van der Waals surface area (Å²) in [4.78, 5) is 32.5. The number of carbonyl (C=O) groups is 1. The van der Waals surface area contributed by atoms with E-state index >= 15 is 0 Å². The number of nitrogens with zero attached hydrogens (tertiary/aromatic N) is 7. The molecule has 5 rings (SSSR count). The lowest BCUT2D eigenvalue weighted by molar-refractivity contribution is -0.137. The molecule has 1 saturated heterocycles. The van der Waals surface area contributed by atoms with Crippen molar-refractivity contribution in [2.75, 3.05) is 63.2 Å². The molecule has 2 aromatic rings. The fourth-order valence-corrected chi connectivity index (χ4v) is 6.65. The number of para-hydroxylation sites is 1. The van der Waals surface area contributed by atoms with Gasteiger partial charge in [-0.25, -0.2) is 11.0 Å². The largest absolute Gasteiger partial charge is 0.463 e. The number of benzene rings is 1. The summed E-state index contributed by atoms with van der Waals surface area (Å²) in [6, 6.07) is 2.84. The van der Waals surface area contributed by atoms with Crippen LogP contribution >= 0.6 is 11.6 Å². The van der Waals surface area contributed by atoms with Crippen molar-refractivity contribution in [1.29, 1.82) is 0 Å². The lowest BCUT2D eigenvalue weighted by Crippen LogP contribution is -2.57. The number of halogens is 5. The van der Waals surface area contributed by atoms with E-state index in [-0.39, 0.29) is 48.3 Å². The Bertz CT molecular complexity index is 1510. The molecule has 1 aliphatic carbocycles. The van der Waals surface area contributed by atoms with Gasteiger partial charge in [0.1, 0.15) is 11.9 Å². The van der Waals surface area contributed by atoms with Crippen molar-refractivity contribution in [1.82, 2.24) is 19.8 Å². The van der Waals surface area contributed by atoms with Crippen LogP contribution in [-0.2, 0) is 23.9 Å². The first-order valence-electron chi connectivity index (χ1n) is 14.8. The maximum absolute atomic E-state index is 14.1. The Kier molecular flexibility index (Phi) is 9.20. The monoisotopic (exact) mass is 649 g/mol. The topological polar surface area (TPSA) is 69.4 Å². The Labute approximate surface area is 265 Å². The van der Waals surface area contributed by atoms with Crippen LogP contribution in [0.2, 0.25) is 5.02 Å². The molecule has 242 valence electrons. The standard InChI is InChI=1S/C31H36ClF4N7O2/c1-19-13-22-25(16-43(19)26-23(31(34,35)36)7-6-8-24(26)32)38-29(45-18-30(9-10-30)17-40(4)5)39-27(22)41-11-12-42(28(44)20(2)33)21(15-41)14-37-3/h6-8,19,21H,2,9-18H2,1,4-5H3/t19-,21-/m0/s1. The van der Waals surface area contributed by atoms with Gasteiger partial charge in [-0.2, -0.15) is 23.1 Å². The third kappa shape index (κ3) is 6.97. The molecule has 0 spiro atoms. The summed E-state index contributed by atoms with van der Waals surface area (Å²) < 4.78 is 62.3. The Hall–Kier alpha value is -3.63. The highest BCUT2D eigenvalue weighted by Crippen LogP contribution is 2.47. The van der Waals surface area contributed by atoms with E-state index in [9.17, 15) is 22.4 Å². The van der Waals surface area contributed by atoms with Crippen LogP contribution in [0, 0.1) is 12.0 Å². The number of hydrogen-bond acceptors (Lipinski definition) is 7. The molecular formula is C31H36ClF4N7O2. The number of piperazine rings is 1. The molecule has 0 bridgehead atoms. The van der Waals surface area contributed by atoms with Gasteiger partial charge in [-0.1, -0.05) is 24.2 Å². The predicted octanol–water partition coefficient (Wildman–Crippen LogP) is 5.24. The first-order valence-corrected chi connectivity index (χ1v) is 15.1. The molecule has 1 amide bonds. The number of fused-ring (bicyclic) bond motifs is 1. The van der Waals surface area contributed by atoms with E-state index in [4.69, 9.17) is 32.9 Å². The summed E-state index contributed by atoms with van der Waals surface area (Å²) in [6.07, 6.45) is -2.31. The average molecular weight is 650 g/mol. The first kappa shape index (κ1) is 32.8. The van der Waals surface area contributed by atoms with Gasteiger partial charge in [0.2, 0.25) is 6.54 Å². The van der Waals surface area contributed by atoms with Gasteiger partial charge in [-0.15, -0.1) is 0 Å². The van der Waals surface area contributed by atoms with Gasteiger partial charge < -0.3 is 29.2 Å². The summed E-state index contributed by atoms with van der Waals surface area (Å²) in [5, 5.41) is -0.0116. The molecule has 0 radical (unpaired) electrons. The molecule has 1 aromatic heterocycles. The molecular weight excluding hydrogens is 614 g/mol. The van der Waals surface area contributed by atoms with E-state index in [1.807, 2.05) is 25.9 Å². The molecule has 0 unspecified atom stereocenters. The third-order valence-corrected chi connectivity index (χ3v) is 8.98. The number of rotatable bonds is 9. The number of alkyl halides is 3. The zero-order chi connectivity index (χ0) is 32.7. The van der Waals surface area contributed by atoms with Crippen molar-refractivity contribution < 1.29 is 27.1 Å². The lowest BCUT2D eigenvalue weighted by atomic mass is 9.96. The molecule has 3 heterocycles. The molecule has 1 aromatic carbocycles. The maximum Gasteiger partial charge on any atom is 0.418 e. The van der Waals surface area contributed by atoms with Crippen LogP contribution in [0.1, 0.15) is 36.6 Å². The van der Waals surface area contributed by atoms with E-state index in [0.717, 1.165) is 31.0 Å². The van der Waals surface area contributed by atoms with Crippen molar-refractivity contribution in [2.45, 2.75) is 51.0 Å². The molecule has 9 nitrogen and oxygen atoms in total. The fraction of sp³-hybridized carbons (Fsp3) is 0.548. The fourth-order valence-electron chi connectivity index (χ4n) is 6.37. The Morgan fingerprint density at radius 3 is 2.62 bits per heavy atom. The SMILES string of the molecule is [C-]#[N+]C[C@H]1CN(c2nc(OCC3(CN(C)C)CC3)nc3c2C[C@H](C)N(c2c(Cl)cccc2C(F)(F)F)C3)CCN1C(=O)C(=C)F. The van der Waals surface area contributed by atoms with Crippen LogP contribution < -0.4 is 14.5 Å². The van der Waals surface area contributed by atoms with E-state index in [1.165, 1.54) is 17.0 Å². The van der Waals surface area contributed by atoms with E-state index in [1.54, 1.807) is 4.90 Å². The van der Waals surface area contributed by atoms with E-state index < -0.39 is 35.6 Å². The molecule has 1 saturated carbocycles. The summed E-state index contributed by atoms with van der Waals surface area (Å²) in [5.74, 6) is -1.40. The van der Waals surface area contributed by atoms with Crippen molar-refractivity contribution in [3.05, 3.63) is 63.9 Å². The Morgan fingerprint density at radius 1 is 1.27 bits per heavy atom. The second-order valence-corrected chi connectivity index (χ2v) is 12.8. The Balaban J connectivity index is 1.53. The van der Waals surface area contributed by atoms with Crippen LogP contribution in [0.5, 0.6) is 6.01 Å². The molecule has 3 aliphatic rings. The molecule has 14 heteroatoms. The minimum Gasteiger partial charge on any atom is -0.463 e. The summed E-state index contributed by atoms with van der Waals surface area (Å²) >= 11 is 6.40. The maximum atomic E-state index is 14.1. The van der Waals surface area contributed by atoms with E-state index in [2.05, 4.69) is 16.3 Å². The lowest BCUT2D eigenvalue weighted by Gasteiger charge is -2.42. The highest BCUT2D eigenvalue weighted by Gasteiger charge is 2.45. The van der Waals surface area contributed by atoms with Crippen LogP contribution in [0.15, 0.2) is 30.6 Å². The average Bonchev–Trinajstić information content (AvgIpc) is 3.73. The first-order chi connectivity index (χ1) is 21.2. The predicted molar refractivity (Wildman–Crippen MR) is 163 cm³/mol. The number of hydrogen-bond donors (Lipinski definition) is 0. The normalized spacial score (nSPS) is 20.9. The van der Waals surface area contributed by atoms with Gasteiger partial charge in [-0.05, 0) is 52.4 Å². The minimum atomic E-state index is -4.61. The van der Waals surface area contributed by atoms with Crippen molar-refractivity contribution >= 4 is 29.0 Å². The zero-order valence-electron chi connectivity index (χ0n) is 25.5. The minimum absolute atomic E-state index is 0.0116. The van der Waals surface area contributed by atoms with Crippen molar-refractivity contribution in [3.63, 3.8) is 0 Å². The van der Waals surface area contributed by atoms with Gasteiger partial charge >= 0.3 is 12.2 Å². The summed E-state index contributed by atoms with van der Waals surface area (Å²) in [6.45, 7) is 14.2. The van der Waals surface area contributed by atoms with Gasteiger partial charge in [0.25, 0.3) is 5.91 Å². The van der Waals surface area contributed by atoms with Crippen LogP contribution in [0.4, 0.5) is 29.1 Å². The molecule has 45 heavy (non-hydrogen) atoms.